The number of aryl methyl sites for hydroxylation is 1. The van der Waals surface area contributed by atoms with Gasteiger partial charge in [-0.3, -0.25) is 4.79 Å². The van der Waals surface area contributed by atoms with Crippen LogP contribution in [0, 0.1) is 6.92 Å². The number of hydrogen-bond donors (Lipinski definition) is 2. The van der Waals surface area contributed by atoms with Crippen molar-refractivity contribution in [2.45, 2.75) is 13.3 Å². The van der Waals surface area contributed by atoms with Crippen LogP contribution in [-0.4, -0.2) is 42.0 Å². The van der Waals surface area contributed by atoms with Crippen LogP contribution in [0.1, 0.15) is 15.9 Å². The summed E-state index contributed by atoms with van der Waals surface area (Å²) in [4.78, 5) is 12.9. The summed E-state index contributed by atoms with van der Waals surface area (Å²) in [5, 5.41) is 9.50. The van der Waals surface area contributed by atoms with E-state index in [0.717, 1.165) is 4.90 Å². The zero-order valence-corrected chi connectivity index (χ0v) is 10.1. The molecule has 0 aliphatic rings. The summed E-state index contributed by atoms with van der Waals surface area (Å²) in [6, 6.07) is 4.32. The summed E-state index contributed by atoms with van der Waals surface area (Å²) in [6.45, 7) is 1.18. The van der Waals surface area contributed by atoms with Crippen LogP contribution < -0.4 is 5.73 Å². The number of hydrogen-bond acceptors (Lipinski definition) is 3. The van der Waals surface area contributed by atoms with E-state index in [9.17, 15) is 18.7 Å². The molecule has 0 saturated carbocycles. The summed E-state index contributed by atoms with van der Waals surface area (Å²) in [7, 11) is 0. The number of phenolic OH excluding ortho intramolecular Hbond substituents is 1. The summed E-state index contributed by atoms with van der Waals surface area (Å²) in [5.74, 6) is -0.596. The Morgan fingerprint density at radius 2 is 2.17 bits per heavy atom. The van der Waals surface area contributed by atoms with Crippen molar-refractivity contribution in [1.82, 2.24) is 4.90 Å². The van der Waals surface area contributed by atoms with Gasteiger partial charge in [0.1, 0.15) is 5.75 Å². The van der Waals surface area contributed by atoms with Crippen LogP contribution in [0.3, 0.4) is 0 Å². The number of nitrogens with two attached hydrogens (primary N) is 1. The number of phenols is 1. The van der Waals surface area contributed by atoms with Gasteiger partial charge in [-0.25, -0.2) is 8.78 Å². The molecule has 0 saturated heterocycles. The summed E-state index contributed by atoms with van der Waals surface area (Å²) < 4.78 is 24.7. The van der Waals surface area contributed by atoms with Gasteiger partial charge in [0.15, 0.2) is 0 Å². The first-order valence-electron chi connectivity index (χ1n) is 5.52. The Morgan fingerprint density at radius 3 is 2.67 bits per heavy atom. The Morgan fingerprint density at radius 1 is 1.50 bits per heavy atom. The topological polar surface area (TPSA) is 66.6 Å². The highest BCUT2D eigenvalue weighted by Crippen LogP contribution is 2.18. The van der Waals surface area contributed by atoms with Gasteiger partial charge < -0.3 is 15.7 Å². The minimum Gasteiger partial charge on any atom is -0.508 e. The third-order valence-electron chi connectivity index (χ3n) is 2.50. The number of carbonyl (C=O) groups is 1. The molecule has 0 aromatic heterocycles. The number of carbonyl (C=O) groups excluding carboxylic acids is 1. The van der Waals surface area contributed by atoms with Crippen LogP contribution in [0.5, 0.6) is 5.75 Å². The van der Waals surface area contributed by atoms with Crippen molar-refractivity contribution in [3.05, 3.63) is 29.3 Å². The smallest absolute Gasteiger partial charge is 0.255 e. The Balaban J connectivity index is 2.90. The van der Waals surface area contributed by atoms with Crippen LogP contribution in [0.25, 0.3) is 0 Å². The van der Waals surface area contributed by atoms with Crippen LogP contribution in [0.15, 0.2) is 18.2 Å². The van der Waals surface area contributed by atoms with E-state index in [1.54, 1.807) is 13.0 Å². The first kappa shape index (κ1) is 14.4. The zero-order chi connectivity index (χ0) is 13.7. The SMILES string of the molecule is Cc1ccc(C(=O)N(CCN)CC(F)F)cc1O. The highest BCUT2D eigenvalue weighted by molar-refractivity contribution is 5.94. The quantitative estimate of drug-likeness (QED) is 0.838. The molecule has 0 aliphatic carbocycles. The minimum absolute atomic E-state index is 0.0365. The molecule has 1 aromatic rings. The third kappa shape index (κ3) is 3.66. The molecule has 0 radical (unpaired) electrons. The van der Waals surface area contributed by atoms with Gasteiger partial charge in [0.2, 0.25) is 0 Å². The predicted molar refractivity (Wildman–Crippen MR) is 63.8 cm³/mol. The highest BCUT2D eigenvalue weighted by Gasteiger charge is 2.19. The van der Waals surface area contributed by atoms with Crippen molar-refractivity contribution in [3.63, 3.8) is 0 Å². The normalized spacial score (nSPS) is 10.7. The van der Waals surface area contributed by atoms with Crippen molar-refractivity contribution < 1.29 is 18.7 Å². The van der Waals surface area contributed by atoms with E-state index in [1.807, 2.05) is 0 Å². The number of nitrogens with zero attached hydrogens (tertiary/aromatic N) is 1. The number of halogens is 2. The van der Waals surface area contributed by atoms with Crippen molar-refractivity contribution >= 4 is 5.91 Å². The van der Waals surface area contributed by atoms with Gasteiger partial charge in [-0.05, 0) is 24.6 Å². The molecule has 0 atom stereocenters. The number of alkyl halides is 2. The minimum atomic E-state index is -2.61. The number of rotatable bonds is 5. The van der Waals surface area contributed by atoms with E-state index in [0.29, 0.717) is 5.56 Å². The summed E-state index contributed by atoms with van der Waals surface area (Å²) in [5.41, 5.74) is 6.08. The highest BCUT2D eigenvalue weighted by atomic mass is 19.3. The zero-order valence-electron chi connectivity index (χ0n) is 10.1. The van der Waals surface area contributed by atoms with E-state index in [2.05, 4.69) is 0 Å². The molecule has 0 heterocycles. The van der Waals surface area contributed by atoms with Gasteiger partial charge >= 0.3 is 0 Å². The van der Waals surface area contributed by atoms with Crippen molar-refractivity contribution in [1.29, 1.82) is 0 Å². The summed E-state index contributed by atoms with van der Waals surface area (Å²) in [6.07, 6.45) is -2.61. The standard InChI is InChI=1S/C12H16F2N2O2/c1-8-2-3-9(6-10(8)17)12(18)16(5-4-15)7-11(13)14/h2-3,6,11,17H,4-5,7,15H2,1H3. The number of amides is 1. The second-order valence-electron chi connectivity index (χ2n) is 3.93. The molecule has 0 aliphatic heterocycles. The van der Waals surface area contributed by atoms with Crippen LogP contribution in [0.2, 0.25) is 0 Å². The first-order chi connectivity index (χ1) is 8.45. The Labute approximate surface area is 104 Å². The molecule has 4 nitrogen and oxygen atoms in total. The molecule has 0 fully saturated rings. The second kappa shape index (κ2) is 6.30. The fourth-order valence-corrected chi connectivity index (χ4v) is 1.52. The molecule has 1 aromatic carbocycles. The van der Waals surface area contributed by atoms with Gasteiger partial charge in [-0.2, -0.15) is 0 Å². The van der Waals surface area contributed by atoms with Crippen LogP contribution in [-0.2, 0) is 0 Å². The fourth-order valence-electron chi connectivity index (χ4n) is 1.52. The van der Waals surface area contributed by atoms with E-state index in [4.69, 9.17) is 5.73 Å². The predicted octanol–water partition coefficient (Wildman–Crippen LogP) is 1.37. The molecule has 100 valence electrons. The molecule has 6 heteroatoms. The first-order valence-corrected chi connectivity index (χ1v) is 5.52. The molecule has 18 heavy (non-hydrogen) atoms. The number of benzene rings is 1. The van der Waals surface area contributed by atoms with E-state index in [-0.39, 0.29) is 24.4 Å². The van der Waals surface area contributed by atoms with Gasteiger partial charge in [-0.15, -0.1) is 0 Å². The fraction of sp³-hybridized carbons (Fsp3) is 0.417. The van der Waals surface area contributed by atoms with E-state index < -0.39 is 18.9 Å². The van der Waals surface area contributed by atoms with Gasteiger partial charge in [0, 0.05) is 18.7 Å². The van der Waals surface area contributed by atoms with Crippen molar-refractivity contribution in [2.24, 2.45) is 5.73 Å². The summed E-state index contributed by atoms with van der Waals surface area (Å²) >= 11 is 0. The lowest BCUT2D eigenvalue weighted by Crippen LogP contribution is -2.38. The van der Waals surface area contributed by atoms with Gasteiger partial charge in [0.05, 0.1) is 6.54 Å². The maximum Gasteiger partial charge on any atom is 0.255 e. The average molecular weight is 258 g/mol. The van der Waals surface area contributed by atoms with Crippen molar-refractivity contribution in [2.75, 3.05) is 19.6 Å². The molecule has 3 N–H and O–H groups in total. The molecular formula is C12H16F2N2O2. The Bertz CT molecular complexity index is 425. The van der Waals surface area contributed by atoms with Crippen molar-refractivity contribution in [3.8, 4) is 5.75 Å². The molecular weight excluding hydrogens is 242 g/mol. The number of aromatic hydroxyl groups is 1. The lowest BCUT2D eigenvalue weighted by Gasteiger charge is -2.21. The molecule has 0 bridgehead atoms. The third-order valence-corrected chi connectivity index (χ3v) is 2.50. The maximum atomic E-state index is 12.3. The Kier molecular flexibility index (Phi) is 5.03. The van der Waals surface area contributed by atoms with Gasteiger partial charge in [0.25, 0.3) is 12.3 Å². The Hall–Kier alpha value is -1.69. The molecule has 1 amide bonds. The lowest BCUT2D eigenvalue weighted by molar-refractivity contribution is 0.0562. The lowest BCUT2D eigenvalue weighted by atomic mass is 10.1. The second-order valence-corrected chi connectivity index (χ2v) is 3.93. The molecule has 1 rings (SSSR count). The van der Waals surface area contributed by atoms with Crippen LogP contribution in [0.4, 0.5) is 8.78 Å². The molecule has 0 spiro atoms. The average Bonchev–Trinajstić information content (AvgIpc) is 2.31. The maximum absolute atomic E-state index is 12.3. The van der Waals surface area contributed by atoms with E-state index >= 15 is 0 Å². The van der Waals surface area contributed by atoms with Gasteiger partial charge in [-0.1, -0.05) is 6.07 Å². The molecule has 0 unspecified atom stereocenters. The van der Waals surface area contributed by atoms with E-state index in [1.165, 1.54) is 12.1 Å². The monoisotopic (exact) mass is 258 g/mol. The largest absolute Gasteiger partial charge is 0.508 e. The van der Waals surface area contributed by atoms with Crippen LogP contribution >= 0.6 is 0 Å².